The molecule has 2 aromatic rings. The second-order valence-corrected chi connectivity index (χ2v) is 7.39. The number of thiazole rings is 1. The quantitative estimate of drug-likeness (QED) is 0.918. The van der Waals surface area contributed by atoms with Crippen LogP contribution in [0.15, 0.2) is 10.7 Å². The summed E-state index contributed by atoms with van der Waals surface area (Å²) in [6, 6.07) is -0.0144. The van der Waals surface area contributed by atoms with Crippen LogP contribution in [0.3, 0.4) is 0 Å². The Kier molecular flexibility index (Phi) is 4.45. The molecule has 24 heavy (non-hydrogen) atoms. The maximum Gasteiger partial charge on any atom is 0.311 e. The van der Waals surface area contributed by atoms with Gasteiger partial charge in [-0.05, 0) is 33.1 Å². The second-order valence-electron chi connectivity index (χ2n) is 6.16. The molecule has 0 radical (unpaired) electrons. The number of aliphatic carboxylic acids is 1. The molecule has 3 rings (SSSR count). The lowest BCUT2D eigenvalue weighted by molar-refractivity contribution is -0.136. The Morgan fingerprint density at radius 3 is 2.92 bits per heavy atom. The number of nitrogens with zero attached hydrogens (tertiary/aromatic N) is 2. The molecule has 0 spiro atoms. The van der Waals surface area contributed by atoms with Gasteiger partial charge in [-0.3, -0.25) is 9.59 Å². The molecule has 1 N–H and O–H groups in total. The molecule has 0 fully saturated rings. The van der Waals surface area contributed by atoms with Crippen LogP contribution in [0, 0.1) is 13.8 Å². The van der Waals surface area contributed by atoms with Gasteiger partial charge in [-0.15, -0.1) is 11.3 Å². The van der Waals surface area contributed by atoms with Crippen molar-refractivity contribution in [1.82, 2.24) is 9.88 Å². The first-order valence-corrected chi connectivity index (χ1v) is 8.72. The highest BCUT2D eigenvalue weighted by molar-refractivity contribution is 7.11. The summed E-state index contributed by atoms with van der Waals surface area (Å²) in [4.78, 5) is 31.4. The minimum atomic E-state index is -1.01. The third kappa shape index (κ3) is 2.96. The zero-order valence-corrected chi connectivity index (χ0v) is 14.8. The topological polar surface area (TPSA) is 83.6 Å². The van der Waals surface area contributed by atoms with Crippen LogP contribution in [0.1, 0.15) is 56.1 Å². The van der Waals surface area contributed by atoms with Crippen LogP contribution in [-0.2, 0) is 17.6 Å². The maximum atomic E-state index is 13.0. The van der Waals surface area contributed by atoms with Crippen molar-refractivity contribution in [3.05, 3.63) is 38.7 Å². The Bertz CT molecular complexity index is 793. The van der Waals surface area contributed by atoms with Gasteiger partial charge in [-0.2, -0.15) is 0 Å². The van der Waals surface area contributed by atoms with E-state index in [0.29, 0.717) is 11.1 Å². The zero-order chi connectivity index (χ0) is 17.4. The molecule has 1 unspecified atom stereocenters. The van der Waals surface area contributed by atoms with Crippen LogP contribution >= 0.6 is 11.3 Å². The fourth-order valence-electron chi connectivity index (χ4n) is 3.26. The Morgan fingerprint density at radius 1 is 1.46 bits per heavy atom. The van der Waals surface area contributed by atoms with Crippen molar-refractivity contribution in [2.45, 2.75) is 45.6 Å². The van der Waals surface area contributed by atoms with Crippen LogP contribution in [0.2, 0.25) is 0 Å². The van der Waals surface area contributed by atoms with Crippen LogP contribution < -0.4 is 0 Å². The van der Waals surface area contributed by atoms with Crippen LogP contribution in [-0.4, -0.2) is 33.9 Å². The third-order valence-electron chi connectivity index (χ3n) is 4.39. The normalized spacial score (nSPS) is 16.7. The summed E-state index contributed by atoms with van der Waals surface area (Å²) < 4.78 is 5.30. The van der Waals surface area contributed by atoms with Crippen molar-refractivity contribution >= 4 is 23.2 Å². The summed E-state index contributed by atoms with van der Waals surface area (Å²) in [5.41, 5.74) is 2.12. The van der Waals surface area contributed by atoms with Gasteiger partial charge in [-0.25, -0.2) is 4.98 Å². The number of carbonyl (C=O) groups is 2. The van der Waals surface area contributed by atoms with Gasteiger partial charge >= 0.3 is 5.97 Å². The van der Waals surface area contributed by atoms with Crippen molar-refractivity contribution in [2.75, 3.05) is 7.05 Å². The van der Waals surface area contributed by atoms with Gasteiger partial charge in [0, 0.05) is 12.6 Å². The SMILES string of the molecule is Cc1nc2c(s1)C(N(C)C(=O)c1c(C)coc1CC(=O)O)CCC2. The lowest BCUT2D eigenvalue weighted by Gasteiger charge is -2.30. The average Bonchev–Trinajstić information content (AvgIpc) is 3.07. The summed E-state index contributed by atoms with van der Waals surface area (Å²) in [7, 11) is 1.77. The van der Waals surface area contributed by atoms with Crippen LogP contribution in [0.4, 0.5) is 0 Å². The molecule has 0 aromatic carbocycles. The molecule has 0 aliphatic heterocycles. The summed E-state index contributed by atoms with van der Waals surface area (Å²) >= 11 is 1.64. The largest absolute Gasteiger partial charge is 0.481 e. The van der Waals surface area contributed by atoms with E-state index in [0.717, 1.165) is 34.8 Å². The smallest absolute Gasteiger partial charge is 0.311 e. The van der Waals surface area contributed by atoms with E-state index in [1.807, 2.05) is 6.92 Å². The van der Waals surface area contributed by atoms with E-state index < -0.39 is 5.97 Å². The summed E-state index contributed by atoms with van der Waals surface area (Å²) in [5, 5.41) is 10.0. The standard InChI is InChI=1S/C17H20N2O4S/c1-9-8-23-13(7-14(20)21)15(9)17(22)19(3)12-6-4-5-11-16(12)24-10(2)18-11/h8,12H,4-7H2,1-3H3,(H,20,21). The van der Waals surface area contributed by atoms with E-state index in [1.54, 1.807) is 30.2 Å². The highest BCUT2D eigenvalue weighted by Crippen LogP contribution is 2.38. The molecule has 6 nitrogen and oxygen atoms in total. The van der Waals surface area contributed by atoms with Crippen LogP contribution in [0.5, 0.6) is 0 Å². The number of hydrogen-bond acceptors (Lipinski definition) is 5. The molecule has 0 saturated carbocycles. The Hall–Kier alpha value is -2.15. The number of aromatic nitrogens is 1. The van der Waals surface area contributed by atoms with Gasteiger partial charge in [0.15, 0.2) is 0 Å². The zero-order valence-electron chi connectivity index (χ0n) is 14.0. The fraction of sp³-hybridized carbons (Fsp3) is 0.471. The van der Waals surface area contributed by atoms with Gasteiger partial charge in [-0.1, -0.05) is 0 Å². The molecular weight excluding hydrogens is 328 g/mol. The molecule has 0 bridgehead atoms. The van der Waals surface area contributed by atoms with Crippen molar-refractivity contribution in [3.63, 3.8) is 0 Å². The van der Waals surface area contributed by atoms with E-state index in [4.69, 9.17) is 9.52 Å². The Morgan fingerprint density at radius 2 is 2.21 bits per heavy atom. The number of rotatable bonds is 4. The molecule has 1 atom stereocenters. The first-order valence-electron chi connectivity index (χ1n) is 7.90. The van der Waals surface area contributed by atoms with Crippen molar-refractivity contribution in [2.24, 2.45) is 0 Å². The maximum absolute atomic E-state index is 13.0. The van der Waals surface area contributed by atoms with Gasteiger partial charge in [0.05, 0.1) is 33.4 Å². The number of carbonyl (C=O) groups excluding carboxylic acids is 1. The minimum Gasteiger partial charge on any atom is -0.481 e. The molecule has 1 aliphatic rings. The van der Waals surface area contributed by atoms with E-state index in [1.165, 1.54) is 6.26 Å². The predicted octanol–water partition coefficient (Wildman–Crippen LogP) is 3.13. The van der Waals surface area contributed by atoms with Gasteiger partial charge < -0.3 is 14.4 Å². The number of carboxylic acids is 1. The minimum absolute atomic E-state index is 0.0144. The molecule has 2 heterocycles. The number of carboxylic acid groups (broad SMARTS) is 1. The van der Waals surface area contributed by atoms with E-state index in [2.05, 4.69) is 4.98 Å². The monoisotopic (exact) mass is 348 g/mol. The molecule has 2 aromatic heterocycles. The molecule has 0 saturated heterocycles. The third-order valence-corrected chi connectivity index (χ3v) is 5.51. The summed E-state index contributed by atoms with van der Waals surface area (Å²) in [6.07, 6.45) is 3.99. The summed E-state index contributed by atoms with van der Waals surface area (Å²) in [6.45, 7) is 3.74. The number of hydrogen-bond donors (Lipinski definition) is 1. The number of aryl methyl sites for hydroxylation is 3. The molecular formula is C17H20N2O4S. The number of furan rings is 1. The Labute approximate surface area is 144 Å². The lowest BCUT2D eigenvalue weighted by atomic mass is 9.96. The molecule has 128 valence electrons. The lowest BCUT2D eigenvalue weighted by Crippen LogP contribution is -2.33. The van der Waals surface area contributed by atoms with E-state index in [-0.39, 0.29) is 24.1 Å². The van der Waals surface area contributed by atoms with Crippen molar-refractivity contribution in [1.29, 1.82) is 0 Å². The highest BCUT2D eigenvalue weighted by atomic mass is 32.1. The molecule has 1 aliphatic carbocycles. The highest BCUT2D eigenvalue weighted by Gasteiger charge is 2.32. The van der Waals surface area contributed by atoms with Gasteiger partial charge in [0.1, 0.15) is 12.2 Å². The van der Waals surface area contributed by atoms with Gasteiger partial charge in [0.2, 0.25) is 0 Å². The first kappa shape index (κ1) is 16.7. The fourth-order valence-corrected chi connectivity index (χ4v) is 4.41. The van der Waals surface area contributed by atoms with Crippen molar-refractivity contribution < 1.29 is 19.1 Å². The van der Waals surface area contributed by atoms with E-state index in [9.17, 15) is 9.59 Å². The van der Waals surface area contributed by atoms with Crippen molar-refractivity contribution in [3.8, 4) is 0 Å². The van der Waals surface area contributed by atoms with E-state index >= 15 is 0 Å². The Balaban J connectivity index is 1.91. The predicted molar refractivity (Wildman–Crippen MR) is 89.4 cm³/mol. The first-order chi connectivity index (χ1) is 11.4. The summed E-state index contributed by atoms with van der Waals surface area (Å²) in [5.74, 6) is -0.992. The number of fused-ring (bicyclic) bond motifs is 1. The second kappa shape index (κ2) is 6.39. The average molecular weight is 348 g/mol. The molecule has 7 heteroatoms. The molecule has 1 amide bonds. The van der Waals surface area contributed by atoms with Crippen LogP contribution in [0.25, 0.3) is 0 Å². The van der Waals surface area contributed by atoms with Gasteiger partial charge in [0.25, 0.3) is 5.91 Å². The number of amides is 1.